The Balaban J connectivity index is 2.04. The predicted octanol–water partition coefficient (Wildman–Crippen LogP) is 1.30. The monoisotopic (exact) mass is 268 g/mol. The minimum absolute atomic E-state index is 0.174. The molecule has 1 aromatic rings. The third kappa shape index (κ3) is 1.60. The molecule has 2 aliphatic rings. The predicted molar refractivity (Wildman–Crippen MR) is 70.8 cm³/mol. The topological polar surface area (TPSA) is 55.1 Å². The Kier molecular flexibility index (Phi) is 2.68. The van der Waals surface area contributed by atoms with Crippen LogP contribution in [-0.4, -0.2) is 29.6 Å². The van der Waals surface area contributed by atoms with E-state index in [1.165, 1.54) is 0 Å². The van der Waals surface area contributed by atoms with E-state index in [-0.39, 0.29) is 10.5 Å². The fraction of sp³-hybridized carbons (Fsp3) is 0.769. The molecule has 2 unspecified atom stereocenters. The van der Waals surface area contributed by atoms with E-state index in [4.69, 9.17) is 0 Å². The van der Waals surface area contributed by atoms with Gasteiger partial charge in [0, 0.05) is 39.6 Å². The molecule has 5 heteroatoms. The van der Waals surface area contributed by atoms with Gasteiger partial charge >= 0.3 is 0 Å². The number of fused-ring (bicyclic) bond motifs is 2. The molecule has 4 nitrogen and oxygen atoms in total. The normalized spacial score (nSPS) is 39.2. The molecule has 0 amide bonds. The van der Waals surface area contributed by atoms with E-state index in [1.807, 2.05) is 25.6 Å². The number of aryl methyl sites for hydroxylation is 2. The van der Waals surface area contributed by atoms with Crippen molar-refractivity contribution in [2.24, 2.45) is 7.05 Å². The van der Waals surface area contributed by atoms with Crippen LogP contribution >= 0.6 is 0 Å². The van der Waals surface area contributed by atoms with E-state index in [1.54, 1.807) is 0 Å². The van der Waals surface area contributed by atoms with Crippen molar-refractivity contribution in [1.29, 1.82) is 0 Å². The summed E-state index contributed by atoms with van der Waals surface area (Å²) in [4.78, 5) is 0. The van der Waals surface area contributed by atoms with Gasteiger partial charge in [-0.1, -0.05) is 0 Å². The maximum absolute atomic E-state index is 12.1. The highest BCUT2D eigenvalue weighted by atomic mass is 32.2. The van der Waals surface area contributed by atoms with Crippen molar-refractivity contribution in [2.75, 3.05) is 0 Å². The highest BCUT2D eigenvalue weighted by molar-refractivity contribution is 7.86. The van der Waals surface area contributed by atoms with Gasteiger partial charge in [-0.05, 0) is 39.5 Å². The van der Waals surface area contributed by atoms with Crippen LogP contribution in [0.5, 0.6) is 0 Å². The van der Waals surface area contributed by atoms with Crippen LogP contribution in [0.15, 0.2) is 0 Å². The van der Waals surface area contributed by atoms with E-state index in [0.29, 0.717) is 12.8 Å². The Morgan fingerprint density at radius 1 is 1.33 bits per heavy atom. The van der Waals surface area contributed by atoms with Gasteiger partial charge in [0.1, 0.15) is 0 Å². The molecule has 3 heterocycles. The first-order chi connectivity index (χ1) is 8.42. The van der Waals surface area contributed by atoms with Crippen LogP contribution in [0.25, 0.3) is 0 Å². The number of nitrogens with zero attached hydrogens (tertiary/aromatic N) is 2. The summed E-state index contributed by atoms with van der Waals surface area (Å²) in [5.74, 6) is 0. The number of rotatable bonds is 1. The summed E-state index contributed by atoms with van der Waals surface area (Å²) in [5, 5.41) is 15.8. The molecule has 1 aromatic heterocycles. The van der Waals surface area contributed by atoms with E-state index < -0.39 is 16.4 Å². The van der Waals surface area contributed by atoms with Crippen LogP contribution in [0.4, 0.5) is 0 Å². The lowest BCUT2D eigenvalue weighted by Crippen LogP contribution is -2.41. The first-order valence-corrected chi connectivity index (χ1v) is 7.82. The summed E-state index contributed by atoms with van der Waals surface area (Å²) in [6.45, 7) is 3.95. The summed E-state index contributed by atoms with van der Waals surface area (Å²) < 4.78 is 13.9. The molecule has 0 aromatic carbocycles. The smallest absolute Gasteiger partial charge is 0.0955 e. The zero-order valence-electron chi connectivity index (χ0n) is 11.1. The highest BCUT2D eigenvalue weighted by Gasteiger charge is 2.50. The quantitative estimate of drug-likeness (QED) is 0.835. The Morgan fingerprint density at radius 2 is 1.89 bits per heavy atom. The number of aliphatic hydroxyl groups is 1. The summed E-state index contributed by atoms with van der Waals surface area (Å²) >= 11 is 0. The molecule has 3 rings (SSSR count). The van der Waals surface area contributed by atoms with Gasteiger partial charge in [0.2, 0.25) is 0 Å². The molecule has 0 aliphatic carbocycles. The molecule has 2 saturated heterocycles. The van der Waals surface area contributed by atoms with E-state index in [0.717, 1.165) is 29.8 Å². The van der Waals surface area contributed by atoms with Gasteiger partial charge in [-0.3, -0.25) is 8.89 Å². The van der Waals surface area contributed by atoms with E-state index in [2.05, 4.69) is 5.10 Å². The van der Waals surface area contributed by atoms with Gasteiger partial charge in [-0.2, -0.15) is 5.10 Å². The second-order valence-corrected chi connectivity index (χ2v) is 7.75. The summed E-state index contributed by atoms with van der Waals surface area (Å²) in [6.07, 6.45) is 3.25. The van der Waals surface area contributed by atoms with Crippen molar-refractivity contribution in [1.82, 2.24) is 9.78 Å². The fourth-order valence-electron chi connectivity index (χ4n) is 3.73. The number of aromatic nitrogens is 2. The van der Waals surface area contributed by atoms with Crippen LogP contribution < -0.4 is 0 Å². The van der Waals surface area contributed by atoms with Crippen LogP contribution in [0.3, 0.4) is 0 Å². The van der Waals surface area contributed by atoms with Gasteiger partial charge in [0.25, 0.3) is 0 Å². The van der Waals surface area contributed by atoms with Crippen LogP contribution in [-0.2, 0) is 23.4 Å². The average Bonchev–Trinajstić information content (AvgIpc) is 2.67. The van der Waals surface area contributed by atoms with Crippen molar-refractivity contribution >= 4 is 10.8 Å². The van der Waals surface area contributed by atoms with Crippen LogP contribution in [0.2, 0.25) is 0 Å². The average molecular weight is 268 g/mol. The van der Waals surface area contributed by atoms with Crippen molar-refractivity contribution in [2.45, 2.75) is 55.6 Å². The van der Waals surface area contributed by atoms with Gasteiger partial charge in [0.05, 0.1) is 11.3 Å². The molecule has 100 valence electrons. The minimum Gasteiger partial charge on any atom is -0.385 e. The lowest BCUT2D eigenvalue weighted by Gasteiger charge is -2.36. The van der Waals surface area contributed by atoms with Gasteiger partial charge in [-0.25, -0.2) is 0 Å². The largest absolute Gasteiger partial charge is 0.385 e. The van der Waals surface area contributed by atoms with Crippen molar-refractivity contribution in [3.05, 3.63) is 17.0 Å². The van der Waals surface area contributed by atoms with E-state index >= 15 is 0 Å². The maximum Gasteiger partial charge on any atom is 0.0955 e. The van der Waals surface area contributed by atoms with Gasteiger partial charge in [0.15, 0.2) is 0 Å². The Morgan fingerprint density at radius 3 is 2.33 bits per heavy atom. The summed E-state index contributed by atoms with van der Waals surface area (Å²) in [7, 11) is 1.17. The Hall–Kier alpha value is -0.680. The summed E-state index contributed by atoms with van der Waals surface area (Å²) in [6, 6.07) is 0. The highest BCUT2D eigenvalue weighted by Crippen LogP contribution is 2.47. The third-order valence-electron chi connectivity index (χ3n) is 4.57. The molecule has 2 aliphatic heterocycles. The van der Waals surface area contributed by atoms with Crippen molar-refractivity contribution in [3.8, 4) is 0 Å². The third-order valence-corrected chi connectivity index (χ3v) is 6.69. The molecular weight excluding hydrogens is 248 g/mol. The first kappa shape index (κ1) is 12.4. The lowest BCUT2D eigenvalue weighted by molar-refractivity contribution is 0.0172. The second kappa shape index (κ2) is 3.90. The maximum atomic E-state index is 12.1. The molecule has 2 fully saturated rings. The van der Waals surface area contributed by atoms with Crippen LogP contribution in [0.1, 0.15) is 42.6 Å². The number of hydrogen-bond donors (Lipinski definition) is 1. The molecule has 2 atom stereocenters. The number of hydrogen-bond acceptors (Lipinski definition) is 3. The zero-order chi connectivity index (χ0) is 13.1. The SMILES string of the molecule is Cc1nn(C)c(C)c1C1(O)CC2CCC(C1)S2=O. The lowest BCUT2D eigenvalue weighted by atomic mass is 9.84. The second-order valence-electron chi connectivity index (χ2n) is 5.76. The Bertz CT molecular complexity index is 507. The zero-order valence-corrected chi connectivity index (χ0v) is 12.0. The summed E-state index contributed by atoms with van der Waals surface area (Å²) in [5.41, 5.74) is 2.09. The fourth-order valence-corrected chi connectivity index (χ4v) is 5.89. The van der Waals surface area contributed by atoms with Crippen LogP contribution in [0, 0.1) is 13.8 Å². The molecular formula is C13H20N2O2S. The first-order valence-electron chi connectivity index (χ1n) is 6.55. The molecule has 1 N–H and O–H groups in total. The molecule has 0 spiro atoms. The standard InChI is InChI=1S/C13H20N2O2S/c1-8-12(9(2)15(3)14-8)13(16)6-10-4-5-11(7-13)18(10)17/h10-11,16H,4-7H2,1-3H3. The molecule has 0 saturated carbocycles. The van der Waals surface area contributed by atoms with Gasteiger partial charge in [-0.15, -0.1) is 0 Å². The van der Waals surface area contributed by atoms with Gasteiger partial charge < -0.3 is 5.11 Å². The van der Waals surface area contributed by atoms with E-state index in [9.17, 15) is 9.32 Å². The van der Waals surface area contributed by atoms with Crippen molar-refractivity contribution in [3.63, 3.8) is 0 Å². The molecule has 0 radical (unpaired) electrons. The minimum atomic E-state index is -0.817. The molecule has 2 bridgehead atoms. The molecule has 18 heavy (non-hydrogen) atoms. The Labute approximate surface area is 110 Å². The van der Waals surface area contributed by atoms with Crippen molar-refractivity contribution < 1.29 is 9.32 Å².